The Kier molecular flexibility index (Phi) is 4.94. The number of hydrogen-bond donors (Lipinski definition) is 1. The largest absolute Gasteiger partial charge is 0.497 e. The fourth-order valence-electron chi connectivity index (χ4n) is 3.59. The highest BCUT2D eigenvalue weighted by Gasteiger charge is 2.34. The second kappa shape index (κ2) is 7.54. The number of nitrogens with two attached hydrogens (primary N) is 1. The van der Waals surface area contributed by atoms with E-state index in [4.69, 9.17) is 15.2 Å². The van der Waals surface area contributed by atoms with Gasteiger partial charge >= 0.3 is 0 Å². The van der Waals surface area contributed by atoms with Crippen LogP contribution < -0.4 is 20.1 Å². The van der Waals surface area contributed by atoms with Crippen LogP contribution in [0.4, 0.5) is 5.69 Å². The fourth-order valence-corrected chi connectivity index (χ4v) is 3.59. The summed E-state index contributed by atoms with van der Waals surface area (Å²) in [4.78, 5) is 25.9. The zero-order chi connectivity index (χ0) is 19.7. The molecule has 28 heavy (non-hydrogen) atoms. The second-order valence-electron chi connectivity index (χ2n) is 7.48. The molecule has 4 rings (SSSR count). The molecule has 2 aromatic carbocycles. The summed E-state index contributed by atoms with van der Waals surface area (Å²) < 4.78 is 11.4. The molecule has 2 fully saturated rings. The number of carbonyl (C=O) groups is 2. The van der Waals surface area contributed by atoms with Crippen LogP contribution in [0, 0.1) is 5.92 Å². The van der Waals surface area contributed by atoms with Crippen LogP contribution in [0.2, 0.25) is 0 Å². The molecule has 1 saturated heterocycles. The zero-order valence-electron chi connectivity index (χ0n) is 15.9. The first-order valence-corrected chi connectivity index (χ1v) is 9.56. The van der Waals surface area contributed by atoms with Crippen molar-refractivity contribution in [3.05, 3.63) is 53.6 Å². The predicted octanol–water partition coefficient (Wildman–Crippen LogP) is 3.10. The Hall–Kier alpha value is -3.02. The summed E-state index contributed by atoms with van der Waals surface area (Å²) in [6.07, 6.45) is 2.82. The average molecular weight is 380 g/mol. The molecule has 1 saturated carbocycles. The van der Waals surface area contributed by atoms with E-state index >= 15 is 0 Å². The van der Waals surface area contributed by atoms with Crippen molar-refractivity contribution in [2.45, 2.75) is 25.2 Å². The number of benzene rings is 2. The Balaban J connectivity index is 1.57. The van der Waals surface area contributed by atoms with Crippen molar-refractivity contribution in [3.8, 4) is 11.5 Å². The first-order chi connectivity index (χ1) is 13.5. The van der Waals surface area contributed by atoms with E-state index in [1.54, 1.807) is 30.2 Å². The zero-order valence-corrected chi connectivity index (χ0v) is 15.9. The summed E-state index contributed by atoms with van der Waals surface area (Å²) in [6.45, 7) is 1.23. The molecule has 0 aromatic heterocycles. The smallest absolute Gasteiger partial charge is 0.248 e. The summed E-state index contributed by atoms with van der Waals surface area (Å²) in [6, 6.07) is 12.7. The van der Waals surface area contributed by atoms with Gasteiger partial charge in [0.1, 0.15) is 11.5 Å². The van der Waals surface area contributed by atoms with Crippen LogP contribution in [0.15, 0.2) is 42.5 Å². The lowest BCUT2D eigenvalue weighted by Crippen LogP contribution is -2.25. The second-order valence-corrected chi connectivity index (χ2v) is 7.48. The molecule has 6 heteroatoms. The molecule has 2 amide bonds. The van der Waals surface area contributed by atoms with Crippen molar-refractivity contribution in [1.29, 1.82) is 0 Å². The number of anilines is 1. The lowest BCUT2D eigenvalue weighted by Gasteiger charge is -2.19. The van der Waals surface area contributed by atoms with Crippen molar-refractivity contribution in [3.63, 3.8) is 0 Å². The van der Waals surface area contributed by atoms with Crippen LogP contribution in [0.1, 0.15) is 41.1 Å². The summed E-state index contributed by atoms with van der Waals surface area (Å²) in [5.74, 6) is 1.70. The maximum Gasteiger partial charge on any atom is 0.248 e. The van der Waals surface area contributed by atoms with Crippen LogP contribution in [0.3, 0.4) is 0 Å². The van der Waals surface area contributed by atoms with Gasteiger partial charge in [0.05, 0.1) is 13.7 Å². The number of primary amides is 1. The fraction of sp³-hybridized carbons (Fsp3) is 0.364. The molecule has 0 bridgehead atoms. The van der Waals surface area contributed by atoms with E-state index in [-0.39, 0.29) is 11.8 Å². The highest BCUT2D eigenvalue weighted by Crippen LogP contribution is 2.39. The SMILES string of the molecule is COc1ccc(C2CC(=O)N(c3cccc(C(N)=O)c3)C2)c(OCC2CC2)c1. The summed E-state index contributed by atoms with van der Waals surface area (Å²) in [5, 5.41) is 0. The molecule has 1 unspecified atom stereocenters. The van der Waals surface area contributed by atoms with Gasteiger partial charge in [-0.2, -0.15) is 0 Å². The normalized spacial score (nSPS) is 19.0. The van der Waals surface area contributed by atoms with E-state index in [0.717, 1.165) is 17.1 Å². The molecule has 1 atom stereocenters. The van der Waals surface area contributed by atoms with Crippen LogP contribution in [0.5, 0.6) is 11.5 Å². The van der Waals surface area contributed by atoms with E-state index < -0.39 is 5.91 Å². The van der Waals surface area contributed by atoms with Crippen LogP contribution in [-0.4, -0.2) is 32.1 Å². The molecule has 2 N–H and O–H groups in total. The lowest BCUT2D eigenvalue weighted by atomic mass is 9.97. The third-order valence-corrected chi connectivity index (χ3v) is 5.40. The molecular formula is C22H24N2O4. The Morgan fingerprint density at radius 3 is 2.75 bits per heavy atom. The number of amides is 2. The van der Waals surface area contributed by atoms with Crippen molar-refractivity contribution in [2.24, 2.45) is 11.7 Å². The highest BCUT2D eigenvalue weighted by molar-refractivity contribution is 5.99. The predicted molar refractivity (Wildman–Crippen MR) is 106 cm³/mol. The maximum atomic E-state index is 12.7. The maximum absolute atomic E-state index is 12.7. The van der Waals surface area contributed by atoms with Gasteiger partial charge in [-0.3, -0.25) is 9.59 Å². The first kappa shape index (κ1) is 18.3. The van der Waals surface area contributed by atoms with Gasteiger partial charge in [-0.25, -0.2) is 0 Å². The summed E-state index contributed by atoms with van der Waals surface area (Å²) in [5.41, 5.74) is 7.48. The number of hydrogen-bond acceptors (Lipinski definition) is 4. The van der Waals surface area contributed by atoms with Gasteiger partial charge in [-0.05, 0) is 48.6 Å². The van der Waals surface area contributed by atoms with Gasteiger partial charge < -0.3 is 20.1 Å². The van der Waals surface area contributed by atoms with Gasteiger partial charge in [-0.15, -0.1) is 0 Å². The Bertz CT molecular complexity index is 907. The number of ether oxygens (including phenoxy) is 2. The molecule has 6 nitrogen and oxygen atoms in total. The van der Waals surface area contributed by atoms with E-state index in [9.17, 15) is 9.59 Å². The van der Waals surface area contributed by atoms with Gasteiger partial charge in [0, 0.05) is 36.2 Å². The monoisotopic (exact) mass is 380 g/mol. The lowest BCUT2D eigenvalue weighted by molar-refractivity contribution is -0.117. The molecule has 0 radical (unpaired) electrons. The van der Waals surface area contributed by atoms with Crippen molar-refractivity contribution < 1.29 is 19.1 Å². The van der Waals surface area contributed by atoms with Crippen LogP contribution in [0.25, 0.3) is 0 Å². The van der Waals surface area contributed by atoms with Gasteiger partial charge in [-0.1, -0.05) is 12.1 Å². The Morgan fingerprint density at radius 1 is 1.21 bits per heavy atom. The third kappa shape index (κ3) is 3.81. The van der Waals surface area contributed by atoms with Gasteiger partial charge in [0.25, 0.3) is 0 Å². The number of methoxy groups -OCH3 is 1. The Morgan fingerprint density at radius 2 is 2.04 bits per heavy atom. The molecule has 1 heterocycles. The number of nitrogens with zero attached hydrogens (tertiary/aromatic N) is 1. The first-order valence-electron chi connectivity index (χ1n) is 9.56. The van der Waals surface area contributed by atoms with E-state index in [2.05, 4.69) is 0 Å². The molecule has 146 valence electrons. The van der Waals surface area contributed by atoms with Crippen molar-refractivity contribution >= 4 is 17.5 Å². The minimum absolute atomic E-state index is 0.0184. The molecule has 1 aliphatic carbocycles. The highest BCUT2D eigenvalue weighted by atomic mass is 16.5. The van der Waals surface area contributed by atoms with Crippen LogP contribution >= 0.6 is 0 Å². The Labute approximate surface area is 164 Å². The van der Waals surface area contributed by atoms with Crippen molar-refractivity contribution in [2.75, 3.05) is 25.2 Å². The molecule has 2 aliphatic rings. The minimum atomic E-state index is -0.504. The molecular weight excluding hydrogens is 356 g/mol. The summed E-state index contributed by atoms with van der Waals surface area (Å²) in [7, 11) is 1.63. The van der Waals surface area contributed by atoms with Gasteiger partial charge in [0.15, 0.2) is 0 Å². The quantitative estimate of drug-likeness (QED) is 0.800. The standard InChI is InChI=1S/C22H24N2O4/c1-27-18-7-8-19(20(11-18)28-13-14-5-6-14)16-10-21(25)24(12-16)17-4-2-3-15(9-17)22(23)26/h2-4,7-9,11,14,16H,5-6,10,12-13H2,1H3,(H2,23,26). The van der Waals surface area contributed by atoms with Gasteiger partial charge in [0.2, 0.25) is 11.8 Å². The van der Waals surface area contributed by atoms with Crippen molar-refractivity contribution in [1.82, 2.24) is 0 Å². The van der Waals surface area contributed by atoms with Crippen LogP contribution in [-0.2, 0) is 4.79 Å². The minimum Gasteiger partial charge on any atom is -0.497 e. The summed E-state index contributed by atoms with van der Waals surface area (Å²) >= 11 is 0. The number of carbonyl (C=O) groups excluding carboxylic acids is 2. The van der Waals surface area contributed by atoms with E-state index in [1.807, 2.05) is 24.3 Å². The molecule has 0 spiro atoms. The molecule has 2 aromatic rings. The van der Waals surface area contributed by atoms with E-state index in [1.165, 1.54) is 12.8 Å². The topological polar surface area (TPSA) is 81.9 Å². The molecule has 1 aliphatic heterocycles. The third-order valence-electron chi connectivity index (χ3n) is 5.40. The van der Waals surface area contributed by atoms with E-state index in [0.29, 0.717) is 36.7 Å². The average Bonchev–Trinajstić information content (AvgIpc) is 3.46. The number of rotatable bonds is 7.